The molecule has 4 rings (SSSR count). The molecule has 3 atom stereocenters. The third-order valence-electron chi connectivity index (χ3n) is 5.12. The molecule has 1 saturated carbocycles. The summed E-state index contributed by atoms with van der Waals surface area (Å²) in [6.07, 6.45) is 1.62. The Balaban J connectivity index is 1.62. The van der Waals surface area contributed by atoms with Gasteiger partial charge >= 0.3 is 0 Å². The summed E-state index contributed by atoms with van der Waals surface area (Å²) in [6.45, 7) is 3.12. The molecule has 1 aliphatic carbocycles. The summed E-state index contributed by atoms with van der Waals surface area (Å²) in [5.41, 5.74) is 1.97. The minimum Gasteiger partial charge on any atom is -0.380 e. The number of ether oxygens (including phenoxy) is 1. The first-order chi connectivity index (χ1) is 11.5. The van der Waals surface area contributed by atoms with Gasteiger partial charge in [0.2, 0.25) is 0 Å². The standard InChI is InChI=1S/C19H19NO3S/c1-14-7-9-16(10-8-14)24(21,22)20-12-19-13-23-11-17(19)18(19)15-5-3-2-4-6-15/h2-10,12,17-18H,11,13H2,1H3/b20-12+/t17-,18-,19-/m0/s1. The number of rotatable bonds is 4. The van der Waals surface area contributed by atoms with Gasteiger partial charge in [-0.15, -0.1) is 0 Å². The van der Waals surface area contributed by atoms with Crippen LogP contribution in [0.5, 0.6) is 0 Å². The van der Waals surface area contributed by atoms with Crippen LogP contribution in [-0.2, 0) is 14.8 Å². The topological polar surface area (TPSA) is 55.7 Å². The average Bonchev–Trinajstić information content (AvgIpc) is 3.02. The van der Waals surface area contributed by atoms with E-state index in [-0.39, 0.29) is 10.3 Å². The largest absolute Gasteiger partial charge is 0.380 e. The molecule has 2 aromatic carbocycles. The molecule has 0 N–H and O–H groups in total. The van der Waals surface area contributed by atoms with E-state index in [4.69, 9.17) is 4.74 Å². The molecule has 2 aliphatic rings. The molecule has 0 radical (unpaired) electrons. The van der Waals surface area contributed by atoms with Gasteiger partial charge in [0.1, 0.15) is 0 Å². The summed E-state index contributed by atoms with van der Waals surface area (Å²) in [7, 11) is -3.67. The molecule has 4 nitrogen and oxygen atoms in total. The van der Waals surface area contributed by atoms with E-state index in [1.165, 1.54) is 5.56 Å². The predicted molar refractivity (Wildman–Crippen MR) is 92.8 cm³/mol. The van der Waals surface area contributed by atoms with Gasteiger partial charge in [-0.3, -0.25) is 0 Å². The summed E-state index contributed by atoms with van der Waals surface area (Å²) in [5.74, 6) is 0.612. The minimum atomic E-state index is -3.67. The SMILES string of the molecule is Cc1ccc(S(=O)(=O)/N=C/[C@]23COC[C@H]2[C@@H]3c2ccccc2)cc1. The van der Waals surface area contributed by atoms with Gasteiger partial charge in [-0.2, -0.15) is 12.8 Å². The molecule has 0 bridgehead atoms. The molecule has 5 heteroatoms. The summed E-state index contributed by atoms with van der Waals surface area (Å²) in [5, 5.41) is 0. The maximum Gasteiger partial charge on any atom is 0.281 e. The van der Waals surface area contributed by atoms with Gasteiger partial charge in [0, 0.05) is 23.5 Å². The Morgan fingerprint density at radius 1 is 1.12 bits per heavy atom. The highest BCUT2D eigenvalue weighted by molar-refractivity contribution is 7.90. The van der Waals surface area contributed by atoms with E-state index in [1.54, 1.807) is 30.5 Å². The fraction of sp³-hybridized carbons (Fsp3) is 0.316. The number of hydrogen-bond acceptors (Lipinski definition) is 3. The highest BCUT2D eigenvalue weighted by Gasteiger charge is 2.67. The van der Waals surface area contributed by atoms with Crippen molar-refractivity contribution in [3.05, 3.63) is 65.7 Å². The zero-order chi connectivity index (χ0) is 16.8. The van der Waals surface area contributed by atoms with Gasteiger partial charge in [0.25, 0.3) is 10.0 Å². The maximum atomic E-state index is 12.5. The second-order valence-corrected chi connectivity index (χ2v) is 8.28. The quantitative estimate of drug-likeness (QED) is 0.803. The fourth-order valence-corrected chi connectivity index (χ4v) is 4.64. The number of nitrogens with zero attached hydrogens (tertiary/aromatic N) is 1. The van der Waals surface area contributed by atoms with Crippen molar-refractivity contribution in [3.63, 3.8) is 0 Å². The normalized spacial score (nSPS) is 28.9. The molecule has 2 fully saturated rings. The van der Waals surface area contributed by atoms with Crippen LogP contribution in [-0.4, -0.2) is 27.8 Å². The average molecular weight is 341 g/mol. The molecule has 0 unspecified atom stereocenters. The molecular weight excluding hydrogens is 322 g/mol. The highest BCUT2D eigenvalue weighted by Crippen LogP contribution is 2.67. The summed E-state index contributed by atoms with van der Waals surface area (Å²) in [4.78, 5) is 0.230. The molecule has 0 aromatic heterocycles. The lowest BCUT2D eigenvalue weighted by molar-refractivity contribution is 0.153. The van der Waals surface area contributed by atoms with Crippen LogP contribution in [0, 0.1) is 18.3 Å². The predicted octanol–water partition coefficient (Wildman–Crippen LogP) is 3.18. The van der Waals surface area contributed by atoms with Gasteiger partial charge in [-0.25, -0.2) is 0 Å². The van der Waals surface area contributed by atoms with Crippen molar-refractivity contribution in [1.82, 2.24) is 0 Å². The van der Waals surface area contributed by atoms with Crippen LogP contribution in [0.15, 0.2) is 63.9 Å². The molecule has 2 aromatic rings. The summed E-state index contributed by atoms with van der Waals surface area (Å²) in [6, 6.07) is 17.0. The van der Waals surface area contributed by atoms with Crippen molar-refractivity contribution in [2.45, 2.75) is 17.7 Å². The van der Waals surface area contributed by atoms with Gasteiger partial charge in [0.05, 0.1) is 18.1 Å². The Bertz CT molecular complexity index is 875. The molecule has 1 heterocycles. The van der Waals surface area contributed by atoms with Crippen LogP contribution < -0.4 is 0 Å². The Kier molecular flexibility index (Phi) is 3.58. The second-order valence-electron chi connectivity index (χ2n) is 6.64. The zero-order valence-electron chi connectivity index (χ0n) is 13.4. The summed E-state index contributed by atoms with van der Waals surface area (Å²) < 4.78 is 34.5. The third kappa shape index (κ3) is 2.48. The van der Waals surface area contributed by atoms with Crippen molar-refractivity contribution >= 4 is 16.2 Å². The molecule has 0 spiro atoms. The van der Waals surface area contributed by atoms with E-state index < -0.39 is 10.0 Å². The number of sulfonamides is 1. The van der Waals surface area contributed by atoms with E-state index in [1.807, 2.05) is 25.1 Å². The van der Waals surface area contributed by atoms with E-state index in [2.05, 4.69) is 16.5 Å². The molecular formula is C19H19NO3S. The molecule has 24 heavy (non-hydrogen) atoms. The van der Waals surface area contributed by atoms with Crippen LogP contribution in [0.4, 0.5) is 0 Å². The van der Waals surface area contributed by atoms with Gasteiger partial charge in [0.15, 0.2) is 0 Å². The zero-order valence-corrected chi connectivity index (χ0v) is 14.2. The number of hydrogen-bond donors (Lipinski definition) is 0. The van der Waals surface area contributed by atoms with Gasteiger partial charge < -0.3 is 4.74 Å². The monoisotopic (exact) mass is 341 g/mol. The smallest absolute Gasteiger partial charge is 0.281 e. The first-order valence-corrected chi connectivity index (χ1v) is 9.48. The lowest BCUT2D eigenvalue weighted by Gasteiger charge is -2.10. The Labute approximate surface area is 142 Å². The first kappa shape index (κ1) is 15.5. The Hall–Kier alpha value is -1.98. The van der Waals surface area contributed by atoms with Crippen LogP contribution in [0.25, 0.3) is 0 Å². The van der Waals surface area contributed by atoms with E-state index in [9.17, 15) is 8.42 Å². The summed E-state index contributed by atoms with van der Waals surface area (Å²) >= 11 is 0. The van der Waals surface area contributed by atoms with Gasteiger partial charge in [-0.1, -0.05) is 48.0 Å². The number of aryl methyl sites for hydroxylation is 1. The molecule has 1 aliphatic heterocycles. The lowest BCUT2D eigenvalue weighted by Crippen LogP contribution is -2.12. The van der Waals surface area contributed by atoms with Crippen molar-refractivity contribution in [2.75, 3.05) is 13.2 Å². The van der Waals surface area contributed by atoms with Crippen molar-refractivity contribution in [3.8, 4) is 0 Å². The fourth-order valence-electron chi connectivity index (χ4n) is 3.71. The van der Waals surface area contributed by atoms with E-state index in [0.29, 0.717) is 25.0 Å². The first-order valence-electron chi connectivity index (χ1n) is 8.04. The minimum absolute atomic E-state index is 0.230. The van der Waals surface area contributed by atoms with Crippen molar-refractivity contribution in [1.29, 1.82) is 0 Å². The van der Waals surface area contributed by atoms with Crippen LogP contribution in [0.2, 0.25) is 0 Å². The third-order valence-corrected chi connectivity index (χ3v) is 6.37. The van der Waals surface area contributed by atoms with Crippen LogP contribution >= 0.6 is 0 Å². The number of benzene rings is 2. The molecule has 1 saturated heterocycles. The van der Waals surface area contributed by atoms with Crippen LogP contribution in [0.1, 0.15) is 17.0 Å². The van der Waals surface area contributed by atoms with Gasteiger partial charge in [-0.05, 0) is 24.6 Å². The number of fused-ring (bicyclic) bond motifs is 1. The van der Waals surface area contributed by atoms with E-state index >= 15 is 0 Å². The van der Waals surface area contributed by atoms with Crippen LogP contribution in [0.3, 0.4) is 0 Å². The van der Waals surface area contributed by atoms with Crippen molar-refractivity contribution in [2.24, 2.45) is 15.7 Å². The molecule has 0 amide bonds. The lowest BCUT2D eigenvalue weighted by atomic mass is 10.0. The second kappa shape index (κ2) is 5.53. The Morgan fingerprint density at radius 2 is 1.83 bits per heavy atom. The molecule has 124 valence electrons. The Morgan fingerprint density at radius 3 is 2.54 bits per heavy atom. The maximum absolute atomic E-state index is 12.5. The highest BCUT2D eigenvalue weighted by atomic mass is 32.2. The van der Waals surface area contributed by atoms with E-state index in [0.717, 1.165) is 5.56 Å². The van der Waals surface area contributed by atoms with Crippen molar-refractivity contribution < 1.29 is 13.2 Å².